The Morgan fingerprint density at radius 3 is 2.75 bits per heavy atom. The van der Waals surface area contributed by atoms with Crippen molar-refractivity contribution in [1.82, 2.24) is 9.97 Å². The summed E-state index contributed by atoms with van der Waals surface area (Å²) in [5.74, 6) is 0.558. The van der Waals surface area contributed by atoms with E-state index < -0.39 is 0 Å². The van der Waals surface area contributed by atoms with Crippen LogP contribution in [0.2, 0.25) is 0 Å². The minimum Gasteiger partial charge on any atom is -0.482 e. The van der Waals surface area contributed by atoms with E-state index in [1.807, 2.05) is 55.5 Å². The second kappa shape index (κ2) is 8.25. The number of thiazole rings is 1. The summed E-state index contributed by atoms with van der Waals surface area (Å²) in [4.78, 5) is 24.7. The summed E-state index contributed by atoms with van der Waals surface area (Å²) in [5, 5.41) is 9.88. The molecule has 1 aliphatic rings. The number of anilines is 1. The number of benzene rings is 2. The number of ether oxygens (including phenoxy) is 1. The number of aryl methyl sites for hydroxylation is 1. The molecule has 1 amide bonds. The quantitative estimate of drug-likeness (QED) is 0.449. The van der Waals surface area contributed by atoms with Crippen LogP contribution in [-0.2, 0) is 11.3 Å². The lowest BCUT2D eigenvalue weighted by atomic mass is 10.1. The van der Waals surface area contributed by atoms with E-state index in [-0.39, 0.29) is 12.5 Å². The monoisotopic (exact) mass is 438 g/mol. The van der Waals surface area contributed by atoms with Gasteiger partial charge in [-0.2, -0.15) is 5.26 Å². The number of fused-ring (bicyclic) bond motifs is 1. The number of nitriles is 1. The van der Waals surface area contributed by atoms with Crippen molar-refractivity contribution in [2.45, 2.75) is 13.5 Å². The van der Waals surface area contributed by atoms with E-state index in [2.05, 4.69) is 11.1 Å². The maximum atomic E-state index is 12.7. The fourth-order valence-electron chi connectivity index (χ4n) is 3.65. The third-order valence-corrected chi connectivity index (χ3v) is 6.27. The Morgan fingerprint density at radius 2 is 2.00 bits per heavy atom. The largest absolute Gasteiger partial charge is 0.482 e. The highest BCUT2D eigenvalue weighted by atomic mass is 32.1. The molecule has 0 radical (unpaired) electrons. The first-order chi connectivity index (χ1) is 15.6. The maximum Gasteiger partial charge on any atom is 0.265 e. The number of aromatic nitrogens is 2. The lowest BCUT2D eigenvalue weighted by Crippen LogP contribution is -2.38. The fourth-order valence-corrected chi connectivity index (χ4v) is 4.57. The van der Waals surface area contributed by atoms with Gasteiger partial charge in [0.25, 0.3) is 5.91 Å². The summed E-state index contributed by atoms with van der Waals surface area (Å²) in [5.41, 5.74) is 4.88. The number of nitrogens with zero attached hydrogens (tertiary/aromatic N) is 4. The zero-order valence-corrected chi connectivity index (χ0v) is 18.1. The number of hydrogen-bond acceptors (Lipinski definition) is 6. The summed E-state index contributed by atoms with van der Waals surface area (Å²) in [7, 11) is 0. The summed E-state index contributed by atoms with van der Waals surface area (Å²) >= 11 is 1.60. The van der Waals surface area contributed by atoms with Gasteiger partial charge in [-0.05, 0) is 55.0 Å². The molecule has 3 heterocycles. The third-order valence-electron chi connectivity index (χ3n) is 5.28. The summed E-state index contributed by atoms with van der Waals surface area (Å²) in [6.45, 7) is 2.44. The van der Waals surface area contributed by atoms with Gasteiger partial charge >= 0.3 is 0 Å². The van der Waals surface area contributed by atoms with Crippen molar-refractivity contribution in [3.05, 3.63) is 82.9 Å². The summed E-state index contributed by atoms with van der Waals surface area (Å²) in [6.07, 6.45) is 1.76. The van der Waals surface area contributed by atoms with Gasteiger partial charge in [0.1, 0.15) is 10.8 Å². The number of rotatable bonds is 4. The molecule has 1 aliphatic heterocycles. The molecule has 0 spiro atoms. The number of carbonyl (C=O) groups is 1. The minimum atomic E-state index is -0.108. The normalized spacial score (nSPS) is 12.8. The lowest BCUT2D eigenvalue weighted by molar-refractivity contribution is -0.121. The van der Waals surface area contributed by atoms with E-state index in [9.17, 15) is 4.79 Å². The molecule has 2 aromatic heterocycles. The van der Waals surface area contributed by atoms with Crippen LogP contribution >= 0.6 is 11.3 Å². The van der Waals surface area contributed by atoms with Gasteiger partial charge in [-0.3, -0.25) is 9.78 Å². The maximum absolute atomic E-state index is 12.7. The van der Waals surface area contributed by atoms with Gasteiger partial charge in [-0.15, -0.1) is 11.3 Å². The Labute approximate surface area is 189 Å². The average molecular weight is 439 g/mol. The van der Waals surface area contributed by atoms with Crippen LogP contribution in [-0.4, -0.2) is 22.5 Å². The van der Waals surface area contributed by atoms with Crippen LogP contribution < -0.4 is 9.64 Å². The third kappa shape index (κ3) is 3.72. The van der Waals surface area contributed by atoms with Gasteiger partial charge in [0.05, 0.1) is 35.3 Å². The van der Waals surface area contributed by atoms with Crippen LogP contribution in [0, 0.1) is 18.3 Å². The first kappa shape index (κ1) is 19.9. The van der Waals surface area contributed by atoms with Gasteiger partial charge < -0.3 is 9.64 Å². The standard InChI is InChI=1S/C25H18N4O2S/c1-16-24(28-25(32-16)20-4-2-3-11-27-20)19-9-10-22-21(12-19)29(23(30)15-31-22)14-18-7-5-17(13-26)6-8-18/h2-12H,14-15H2,1H3. The van der Waals surface area contributed by atoms with E-state index >= 15 is 0 Å². The van der Waals surface area contributed by atoms with Crippen LogP contribution in [0.5, 0.6) is 5.75 Å². The van der Waals surface area contributed by atoms with Crippen molar-refractivity contribution in [3.8, 4) is 33.8 Å². The lowest BCUT2D eigenvalue weighted by Gasteiger charge is -2.30. The topological polar surface area (TPSA) is 79.1 Å². The van der Waals surface area contributed by atoms with Gasteiger partial charge in [-0.25, -0.2) is 4.98 Å². The Hall–Kier alpha value is -4.02. The molecule has 0 atom stereocenters. The zero-order chi connectivity index (χ0) is 22.1. The van der Waals surface area contributed by atoms with Crippen LogP contribution in [0.25, 0.3) is 22.0 Å². The van der Waals surface area contributed by atoms with Crippen LogP contribution in [0.3, 0.4) is 0 Å². The van der Waals surface area contributed by atoms with E-state index in [0.29, 0.717) is 17.9 Å². The molecule has 5 rings (SSSR count). The molecule has 0 N–H and O–H groups in total. The summed E-state index contributed by atoms with van der Waals surface area (Å²) in [6, 6.07) is 21.0. The van der Waals surface area contributed by atoms with Crippen molar-refractivity contribution in [2.75, 3.05) is 11.5 Å². The van der Waals surface area contributed by atoms with Crippen molar-refractivity contribution >= 4 is 22.9 Å². The molecule has 32 heavy (non-hydrogen) atoms. The van der Waals surface area contributed by atoms with Crippen LogP contribution in [0.15, 0.2) is 66.9 Å². The fraction of sp³-hybridized carbons (Fsp3) is 0.120. The smallest absolute Gasteiger partial charge is 0.265 e. The minimum absolute atomic E-state index is 0.00216. The molecule has 0 aliphatic carbocycles. The Bertz CT molecular complexity index is 1340. The molecule has 7 heteroatoms. The van der Waals surface area contributed by atoms with E-state index in [1.54, 1.807) is 34.6 Å². The highest BCUT2D eigenvalue weighted by Gasteiger charge is 2.27. The second-order valence-electron chi connectivity index (χ2n) is 7.40. The highest BCUT2D eigenvalue weighted by molar-refractivity contribution is 7.15. The van der Waals surface area contributed by atoms with Gasteiger partial charge in [-0.1, -0.05) is 18.2 Å². The van der Waals surface area contributed by atoms with E-state index in [0.717, 1.165) is 38.1 Å². The number of amides is 1. The Morgan fingerprint density at radius 1 is 1.16 bits per heavy atom. The molecule has 6 nitrogen and oxygen atoms in total. The van der Waals surface area contributed by atoms with E-state index in [1.165, 1.54) is 0 Å². The first-order valence-electron chi connectivity index (χ1n) is 10.1. The van der Waals surface area contributed by atoms with Crippen molar-refractivity contribution in [2.24, 2.45) is 0 Å². The Balaban J connectivity index is 1.51. The molecule has 156 valence electrons. The second-order valence-corrected chi connectivity index (χ2v) is 8.60. The molecule has 0 fully saturated rings. The molecule has 0 unspecified atom stereocenters. The van der Waals surface area contributed by atoms with Crippen LogP contribution in [0.4, 0.5) is 5.69 Å². The highest BCUT2D eigenvalue weighted by Crippen LogP contribution is 2.39. The van der Waals surface area contributed by atoms with Gasteiger partial charge in [0, 0.05) is 16.6 Å². The molecule has 0 bridgehead atoms. The number of pyridine rings is 1. The SMILES string of the molecule is Cc1sc(-c2ccccn2)nc1-c1ccc2c(c1)N(Cc1ccc(C#N)cc1)C(=O)CO2. The van der Waals surface area contributed by atoms with Crippen molar-refractivity contribution in [1.29, 1.82) is 5.26 Å². The van der Waals surface area contributed by atoms with Crippen molar-refractivity contribution in [3.63, 3.8) is 0 Å². The molecule has 0 saturated heterocycles. The molecule has 2 aromatic carbocycles. The van der Waals surface area contributed by atoms with E-state index in [4.69, 9.17) is 15.0 Å². The predicted molar refractivity (Wildman–Crippen MR) is 123 cm³/mol. The van der Waals surface area contributed by atoms with Gasteiger partial charge in [0.2, 0.25) is 0 Å². The molecule has 4 aromatic rings. The Kier molecular flexibility index (Phi) is 5.13. The average Bonchev–Trinajstić information content (AvgIpc) is 3.23. The van der Waals surface area contributed by atoms with Gasteiger partial charge in [0.15, 0.2) is 6.61 Å². The van der Waals surface area contributed by atoms with Crippen molar-refractivity contribution < 1.29 is 9.53 Å². The molecule has 0 saturated carbocycles. The molecular formula is C25H18N4O2S. The van der Waals surface area contributed by atoms with Crippen LogP contribution in [0.1, 0.15) is 16.0 Å². The zero-order valence-electron chi connectivity index (χ0n) is 17.3. The predicted octanol–water partition coefficient (Wildman–Crippen LogP) is 4.98. The number of carbonyl (C=O) groups excluding carboxylic acids is 1. The molecular weight excluding hydrogens is 420 g/mol. The first-order valence-corrected chi connectivity index (χ1v) is 10.9. The number of hydrogen-bond donors (Lipinski definition) is 0. The summed E-state index contributed by atoms with van der Waals surface area (Å²) < 4.78 is 5.67.